The molecule has 0 aliphatic heterocycles. The number of halogens is 3. The molecule has 0 radical (unpaired) electrons. The van der Waals surface area contributed by atoms with Crippen molar-refractivity contribution in [2.45, 2.75) is 45.0 Å². The van der Waals surface area contributed by atoms with E-state index in [2.05, 4.69) is 20.4 Å². The van der Waals surface area contributed by atoms with Crippen LogP contribution in [0.1, 0.15) is 32.2 Å². The largest absolute Gasteiger partial charge is 0.480 e. The average molecular weight is 494 g/mol. The molecule has 3 rings (SSSR count). The molecule has 0 bridgehead atoms. The van der Waals surface area contributed by atoms with Crippen molar-refractivity contribution in [1.82, 2.24) is 20.4 Å². The number of pyridine rings is 1. The van der Waals surface area contributed by atoms with E-state index in [1.807, 2.05) is 0 Å². The van der Waals surface area contributed by atoms with Gasteiger partial charge in [0.15, 0.2) is 0 Å². The smallest absolute Gasteiger partial charge is 0.417 e. The summed E-state index contributed by atoms with van der Waals surface area (Å²) < 4.78 is 53.5. The summed E-state index contributed by atoms with van der Waals surface area (Å²) in [4.78, 5) is 31.2. The number of alkyl halides is 3. The Kier molecular flexibility index (Phi) is 7.27. The number of ether oxygens (including phenoxy) is 2. The number of hydrogen-bond donors (Lipinski definition) is 2. The van der Waals surface area contributed by atoms with Gasteiger partial charge >= 0.3 is 18.2 Å². The molecule has 0 fully saturated rings. The number of nitrogens with one attached hydrogen (secondary N) is 1. The first-order chi connectivity index (χ1) is 16.3. The highest BCUT2D eigenvalue weighted by atomic mass is 19.4. The summed E-state index contributed by atoms with van der Waals surface area (Å²) in [6.07, 6.45) is -5.00. The lowest BCUT2D eigenvalue weighted by molar-refractivity contribution is -0.139. The Labute approximate surface area is 197 Å². The van der Waals surface area contributed by atoms with E-state index in [1.54, 1.807) is 32.9 Å². The number of amides is 1. The fourth-order valence-corrected chi connectivity index (χ4v) is 2.68. The number of rotatable bonds is 7. The van der Waals surface area contributed by atoms with E-state index >= 15 is 0 Å². The Bertz CT molecular complexity index is 1170. The van der Waals surface area contributed by atoms with Crippen molar-refractivity contribution in [3.63, 3.8) is 0 Å². The number of nitrogens with zero attached hydrogens (tertiary/aromatic N) is 3. The Morgan fingerprint density at radius 2 is 1.80 bits per heavy atom. The quantitative estimate of drug-likeness (QED) is 0.488. The van der Waals surface area contributed by atoms with Crippen LogP contribution in [0.25, 0.3) is 11.4 Å². The summed E-state index contributed by atoms with van der Waals surface area (Å²) >= 11 is 0. The molecule has 1 unspecified atom stereocenters. The maximum absolute atomic E-state index is 12.6. The lowest BCUT2D eigenvalue weighted by Crippen LogP contribution is -2.44. The van der Waals surface area contributed by atoms with Gasteiger partial charge in [-0.3, -0.25) is 0 Å². The van der Waals surface area contributed by atoms with Crippen LogP contribution in [-0.4, -0.2) is 43.9 Å². The zero-order valence-corrected chi connectivity index (χ0v) is 18.8. The standard InChI is InChI=1S/C22H21F3N4O6/c1-21(2,3)34-20(32)27-15(19(30)31)10-17-28-18(29-35-17)12-4-7-14(8-5-12)33-16-9-6-13(11-26-16)22(23,24)25/h4-9,11,15H,10H2,1-3H3,(H,27,32)(H,30,31). The molecule has 2 N–H and O–H groups in total. The topological polar surface area (TPSA) is 137 Å². The molecule has 0 saturated heterocycles. The number of carbonyl (C=O) groups is 2. The van der Waals surface area contributed by atoms with Crippen LogP contribution in [0.5, 0.6) is 11.6 Å². The van der Waals surface area contributed by atoms with Crippen LogP contribution in [-0.2, 0) is 22.1 Å². The molecule has 1 atom stereocenters. The van der Waals surface area contributed by atoms with E-state index in [0.717, 1.165) is 12.1 Å². The van der Waals surface area contributed by atoms with Gasteiger partial charge in [-0.2, -0.15) is 18.2 Å². The zero-order valence-electron chi connectivity index (χ0n) is 18.8. The second kappa shape index (κ2) is 9.99. The number of aliphatic carboxylic acids is 1. The summed E-state index contributed by atoms with van der Waals surface area (Å²) in [5.41, 5.74) is -1.19. The first-order valence-corrected chi connectivity index (χ1v) is 10.2. The first-order valence-electron chi connectivity index (χ1n) is 10.2. The van der Waals surface area contributed by atoms with Crippen molar-refractivity contribution in [2.24, 2.45) is 0 Å². The molecule has 3 aromatic rings. The first kappa shape index (κ1) is 25.5. The summed E-state index contributed by atoms with van der Waals surface area (Å²) in [5, 5.41) is 15.4. The van der Waals surface area contributed by atoms with Crippen LogP contribution in [0.2, 0.25) is 0 Å². The van der Waals surface area contributed by atoms with Gasteiger partial charge in [0.1, 0.15) is 17.4 Å². The Morgan fingerprint density at radius 1 is 1.11 bits per heavy atom. The third kappa shape index (κ3) is 7.42. The average Bonchev–Trinajstić information content (AvgIpc) is 3.21. The predicted octanol–water partition coefficient (Wildman–Crippen LogP) is 4.46. The van der Waals surface area contributed by atoms with E-state index < -0.39 is 35.4 Å². The highest BCUT2D eigenvalue weighted by Gasteiger charge is 2.31. The minimum absolute atomic E-state index is 0.0233. The van der Waals surface area contributed by atoms with Crippen molar-refractivity contribution in [1.29, 1.82) is 0 Å². The molecule has 1 amide bonds. The van der Waals surface area contributed by atoms with E-state index in [-0.39, 0.29) is 24.0 Å². The van der Waals surface area contributed by atoms with E-state index in [9.17, 15) is 27.9 Å². The number of benzene rings is 1. The molecule has 0 saturated carbocycles. The lowest BCUT2D eigenvalue weighted by atomic mass is 10.2. The van der Waals surface area contributed by atoms with Crippen LogP contribution in [0.4, 0.5) is 18.0 Å². The van der Waals surface area contributed by atoms with Gasteiger partial charge in [0.2, 0.25) is 17.6 Å². The summed E-state index contributed by atoms with van der Waals surface area (Å²) in [6, 6.07) is 6.80. The molecule has 2 aromatic heterocycles. The number of carboxylic acid groups (broad SMARTS) is 1. The Morgan fingerprint density at radius 3 is 2.34 bits per heavy atom. The van der Waals surface area contributed by atoms with E-state index in [0.29, 0.717) is 17.5 Å². The molecule has 35 heavy (non-hydrogen) atoms. The third-order valence-electron chi connectivity index (χ3n) is 4.23. The second-order valence-corrected chi connectivity index (χ2v) is 8.26. The highest BCUT2D eigenvalue weighted by molar-refractivity contribution is 5.80. The van der Waals surface area contributed by atoms with Crippen molar-refractivity contribution in [3.05, 3.63) is 54.0 Å². The van der Waals surface area contributed by atoms with E-state index in [4.69, 9.17) is 14.0 Å². The molecule has 10 nitrogen and oxygen atoms in total. The van der Waals surface area contributed by atoms with Gasteiger partial charge in [-0.15, -0.1) is 0 Å². The molecule has 0 aliphatic rings. The number of alkyl carbamates (subject to hydrolysis) is 1. The van der Waals surface area contributed by atoms with Gasteiger partial charge in [0.25, 0.3) is 0 Å². The molecule has 13 heteroatoms. The normalized spacial score (nSPS) is 12.6. The molecule has 186 valence electrons. The van der Waals surface area contributed by atoms with Crippen molar-refractivity contribution in [3.8, 4) is 23.0 Å². The van der Waals surface area contributed by atoms with Gasteiger partial charge in [0, 0.05) is 17.8 Å². The highest BCUT2D eigenvalue weighted by Crippen LogP contribution is 2.30. The fourth-order valence-electron chi connectivity index (χ4n) is 2.68. The predicted molar refractivity (Wildman–Crippen MR) is 114 cm³/mol. The molecular weight excluding hydrogens is 473 g/mol. The molecular formula is C22H21F3N4O6. The molecule has 0 aliphatic carbocycles. The number of carbonyl (C=O) groups excluding carboxylic acids is 1. The fraction of sp³-hybridized carbons (Fsp3) is 0.318. The molecule has 1 aromatic carbocycles. The second-order valence-electron chi connectivity index (χ2n) is 8.26. The summed E-state index contributed by atoms with van der Waals surface area (Å²) in [5.74, 6) is -0.908. The van der Waals surface area contributed by atoms with E-state index in [1.165, 1.54) is 12.1 Å². The number of carboxylic acids is 1. The maximum Gasteiger partial charge on any atom is 0.417 e. The van der Waals surface area contributed by atoms with Crippen LogP contribution in [0.15, 0.2) is 47.1 Å². The number of hydrogen-bond acceptors (Lipinski definition) is 8. The van der Waals surface area contributed by atoms with Crippen LogP contribution >= 0.6 is 0 Å². The summed E-state index contributed by atoms with van der Waals surface area (Å²) in [6.45, 7) is 4.93. The number of aromatic nitrogens is 3. The third-order valence-corrected chi connectivity index (χ3v) is 4.23. The van der Waals surface area contributed by atoms with Gasteiger partial charge in [-0.1, -0.05) is 5.16 Å². The van der Waals surface area contributed by atoms with Gasteiger partial charge in [-0.25, -0.2) is 14.6 Å². The Balaban J connectivity index is 1.63. The van der Waals surface area contributed by atoms with Gasteiger partial charge in [-0.05, 0) is 51.1 Å². The van der Waals surface area contributed by atoms with Crippen LogP contribution in [0.3, 0.4) is 0 Å². The SMILES string of the molecule is CC(C)(C)OC(=O)NC(Cc1nc(-c2ccc(Oc3ccc(C(F)(F)F)cn3)cc2)no1)C(=O)O. The molecule has 2 heterocycles. The lowest BCUT2D eigenvalue weighted by Gasteiger charge is -2.21. The van der Waals surface area contributed by atoms with Crippen LogP contribution in [0, 0.1) is 0 Å². The Hall–Kier alpha value is -4.16. The van der Waals surface area contributed by atoms with Crippen molar-refractivity contribution in [2.75, 3.05) is 0 Å². The van der Waals surface area contributed by atoms with Gasteiger partial charge in [0.05, 0.1) is 12.0 Å². The van der Waals surface area contributed by atoms with Crippen molar-refractivity contribution < 1.29 is 41.9 Å². The summed E-state index contributed by atoms with van der Waals surface area (Å²) in [7, 11) is 0. The zero-order chi connectivity index (χ0) is 25.8. The minimum atomic E-state index is -4.49. The van der Waals surface area contributed by atoms with Crippen molar-refractivity contribution >= 4 is 12.1 Å². The molecule has 0 spiro atoms. The minimum Gasteiger partial charge on any atom is -0.480 e. The maximum atomic E-state index is 12.6. The van der Waals surface area contributed by atoms with Crippen LogP contribution < -0.4 is 10.1 Å². The monoisotopic (exact) mass is 494 g/mol. The van der Waals surface area contributed by atoms with Gasteiger partial charge < -0.3 is 24.4 Å².